The van der Waals surface area contributed by atoms with E-state index in [9.17, 15) is 5.11 Å². The van der Waals surface area contributed by atoms with Crippen LogP contribution in [0.1, 0.15) is 66.2 Å². The van der Waals surface area contributed by atoms with E-state index in [4.69, 9.17) is 10.5 Å². The molecule has 1 rings (SSSR count). The lowest BCUT2D eigenvalue weighted by molar-refractivity contribution is -0.0410. The Morgan fingerprint density at radius 3 is 2.60 bits per heavy atom. The minimum atomic E-state index is -0.416. The molecule has 3 heteroatoms. The smallest absolute Gasteiger partial charge is 0.0611 e. The summed E-state index contributed by atoms with van der Waals surface area (Å²) in [6.45, 7) is 9.84. The van der Waals surface area contributed by atoms with Gasteiger partial charge in [-0.05, 0) is 49.9 Å². The van der Waals surface area contributed by atoms with Crippen LogP contribution in [-0.4, -0.2) is 30.0 Å². The van der Waals surface area contributed by atoms with Gasteiger partial charge in [0.05, 0.1) is 12.7 Å². The number of nitrogens with two attached hydrogens (primary N) is 1. The molecule has 0 aliphatic heterocycles. The highest BCUT2D eigenvalue weighted by Gasteiger charge is 2.31. The second-order valence-corrected chi connectivity index (χ2v) is 7.21. The Hall–Kier alpha value is -0.120. The number of ether oxygens (including phenoxy) is 1. The molecular formula is C17H35NO2. The summed E-state index contributed by atoms with van der Waals surface area (Å²) in [5.74, 6) is 2.20. The Morgan fingerprint density at radius 2 is 2.05 bits per heavy atom. The van der Waals surface area contributed by atoms with E-state index in [0.717, 1.165) is 31.8 Å². The Labute approximate surface area is 125 Å². The second-order valence-electron chi connectivity index (χ2n) is 7.21. The van der Waals surface area contributed by atoms with Crippen molar-refractivity contribution >= 4 is 0 Å². The molecule has 0 bridgehead atoms. The van der Waals surface area contributed by atoms with Gasteiger partial charge in [0.1, 0.15) is 0 Å². The lowest BCUT2D eigenvalue weighted by Gasteiger charge is -2.37. The maximum atomic E-state index is 9.32. The van der Waals surface area contributed by atoms with Gasteiger partial charge in [0.15, 0.2) is 0 Å². The van der Waals surface area contributed by atoms with Crippen molar-refractivity contribution in [3.05, 3.63) is 0 Å². The molecule has 4 atom stereocenters. The van der Waals surface area contributed by atoms with Crippen LogP contribution in [0.25, 0.3) is 0 Å². The van der Waals surface area contributed by atoms with Crippen LogP contribution in [0.3, 0.4) is 0 Å². The molecular weight excluding hydrogens is 250 g/mol. The van der Waals surface area contributed by atoms with Crippen LogP contribution in [0.15, 0.2) is 0 Å². The zero-order valence-corrected chi connectivity index (χ0v) is 13.9. The number of aliphatic hydroxyl groups is 1. The topological polar surface area (TPSA) is 55.5 Å². The van der Waals surface area contributed by atoms with Crippen LogP contribution in [0.2, 0.25) is 0 Å². The van der Waals surface area contributed by atoms with E-state index >= 15 is 0 Å². The van der Waals surface area contributed by atoms with Gasteiger partial charge in [0, 0.05) is 12.1 Å². The quantitative estimate of drug-likeness (QED) is 0.672. The van der Waals surface area contributed by atoms with Crippen LogP contribution in [0.5, 0.6) is 0 Å². The van der Waals surface area contributed by atoms with E-state index in [1.165, 1.54) is 19.3 Å². The van der Waals surface area contributed by atoms with Crippen molar-refractivity contribution in [2.45, 2.75) is 77.9 Å². The summed E-state index contributed by atoms with van der Waals surface area (Å²) < 4.78 is 6.17. The van der Waals surface area contributed by atoms with Gasteiger partial charge in [-0.15, -0.1) is 0 Å². The Kier molecular flexibility index (Phi) is 7.49. The molecule has 0 aromatic rings. The molecule has 0 amide bonds. The highest BCUT2D eigenvalue weighted by Crippen LogP contribution is 2.35. The average molecular weight is 285 g/mol. The van der Waals surface area contributed by atoms with Crippen molar-refractivity contribution in [1.82, 2.24) is 0 Å². The van der Waals surface area contributed by atoms with E-state index in [2.05, 4.69) is 20.8 Å². The third kappa shape index (κ3) is 5.34. The van der Waals surface area contributed by atoms with Gasteiger partial charge in [0.25, 0.3) is 0 Å². The Balaban J connectivity index is 2.35. The van der Waals surface area contributed by atoms with Gasteiger partial charge in [-0.25, -0.2) is 0 Å². The molecule has 0 saturated heterocycles. The molecule has 0 aromatic heterocycles. The van der Waals surface area contributed by atoms with Crippen molar-refractivity contribution in [3.8, 4) is 0 Å². The van der Waals surface area contributed by atoms with E-state index in [1.807, 2.05) is 6.92 Å². The van der Waals surface area contributed by atoms with Gasteiger partial charge in [-0.1, -0.05) is 34.1 Å². The Bertz CT molecular complexity index is 264. The third-order valence-electron chi connectivity index (χ3n) is 5.13. The summed E-state index contributed by atoms with van der Waals surface area (Å²) in [6, 6.07) is 0. The van der Waals surface area contributed by atoms with Gasteiger partial charge in [0.2, 0.25) is 0 Å². The summed E-state index contributed by atoms with van der Waals surface area (Å²) in [5.41, 5.74) is 5.69. The fourth-order valence-electron chi connectivity index (χ4n) is 3.33. The van der Waals surface area contributed by atoms with Gasteiger partial charge >= 0.3 is 0 Å². The lowest BCUT2D eigenvalue weighted by atomic mass is 9.75. The van der Waals surface area contributed by atoms with Gasteiger partial charge < -0.3 is 15.6 Å². The van der Waals surface area contributed by atoms with E-state index < -0.39 is 5.54 Å². The molecule has 20 heavy (non-hydrogen) atoms. The predicted octanol–water partition coefficient (Wildman–Crippen LogP) is 3.34. The van der Waals surface area contributed by atoms with Crippen molar-refractivity contribution < 1.29 is 9.84 Å². The van der Waals surface area contributed by atoms with Crippen molar-refractivity contribution in [3.63, 3.8) is 0 Å². The first-order valence-corrected chi connectivity index (χ1v) is 8.43. The monoisotopic (exact) mass is 285 g/mol. The molecule has 3 nitrogen and oxygen atoms in total. The average Bonchev–Trinajstić information content (AvgIpc) is 2.43. The first-order valence-electron chi connectivity index (χ1n) is 8.43. The van der Waals surface area contributed by atoms with Gasteiger partial charge in [-0.3, -0.25) is 0 Å². The fourth-order valence-corrected chi connectivity index (χ4v) is 3.33. The van der Waals surface area contributed by atoms with Crippen LogP contribution in [-0.2, 0) is 4.74 Å². The zero-order valence-electron chi connectivity index (χ0n) is 13.9. The standard InChI is InChI=1S/C17H35NO2/c1-5-17(18,12-19)9-6-10-20-16-11-14(4)7-8-15(16)13(2)3/h13-16,19H,5-12,18H2,1-4H3. The first kappa shape index (κ1) is 17.9. The molecule has 1 aliphatic carbocycles. The number of hydrogen-bond acceptors (Lipinski definition) is 3. The van der Waals surface area contributed by atoms with Gasteiger partial charge in [-0.2, -0.15) is 0 Å². The van der Waals surface area contributed by atoms with Crippen LogP contribution in [0.4, 0.5) is 0 Å². The molecule has 0 spiro atoms. The summed E-state index contributed by atoms with van der Waals surface area (Å²) in [6.07, 6.45) is 6.87. The maximum Gasteiger partial charge on any atom is 0.0611 e. The van der Waals surface area contributed by atoms with Crippen LogP contribution < -0.4 is 5.73 Å². The molecule has 1 saturated carbocycles. The third-order valence-corrected chi connectivity index (χ3v) is 5.13. The molecule has 3 N–H and O–H groups in total. The molecule has 0 heterocycles. The van der Waals surface area contributed by atoms with Crippen LogP contribution in [0, 0.1) is 17.8 Å². The van der Waals surface area contributed by atoms with E-state index in [0.29, 0.717) is 17.9 Å². The number of hydrogen-bond donors (Lipinski definition) is 2. The van der Waals surface area contributed by atoms with Crippen molar-refractivity contribution in [1.29, 1.82) is 0 Å². The van der Waals surface area contributed by atoms with Crippen LogP contribution >= 0.6 is 0 Å². The zero-order chi connectivity index (χ0) is 15.2. The molecule has 0 aromatic carbocycles. The minimum Gasteiger partial charge on any atom is -0.394 e. The summed E-state index contributed by atoms with van der Waals surface area (Å²) >= 11 is 0. The highest BCUT2D eigenvalue weighted by molar-refractivity contribution is 4.83. The van der Waals surface area contributed by atoms with E-state index in [-0.39, 0.29) is 6.61 Å². The highest BCUT2D eigenvalue weighted by atomic mass is 16.5. The minimum absolute atomic E-state index is 0.0680. The molecule has 4 unspecified atom stereocenters. The molecule has 1 fully saturated rings. The largest absolute Gasteiger partial charge is 0.394 e. The van der Waals surface area contributed by atoms with E-state index in [1.54, 1.807) is 0 Å². The second kappa shape index (κ2) is 8.35. The first-order chi connectivity index (χ1) is 9.41. The summed E-state index contributed by atoms with van der Waals surface area (Å²) in [4.78, 5) is 0. The number of aliphatic hydroxyl groups excluding tert-OH is 1. The summed E-state index contributed by atoms with van der Waals surface area (Å²) in [7, 11) is 0. The molecule has 1 aliphatic rings. The molecule has 0 radical (unpaired) electrons. The Morgan fingerprint density at radius 1 is 1.35 bits per heavy atom. The fraction of sp³-hybridized carbons (Fsp3) is 1.00. The number of rotatable bonds is 8. The maximum absolute atomic E-state index is 9.32. The predicted molar refractivity (Wildman–Crippen MR) is 84.6 cm³/mol. The molecule has 120 valence electrons. The summed E-state index contributed by atoms with van der Waals surface area (Å²) in [5, 5.41) is 9.32. The lowest BCUT2D eigenvalue weighted by Crippen LogP contribution is -2.43. The van der Waals surface area contributed by atoms with Crippen molar-refractivity contribution in [2.24, 2.45) is 23.5 Å². The SMILES string of the molecule is CCC(N)(CO)CCCOC1CC(C)CCC1C(C)C. The van der Waals surface area contributed by atoms with Crippen molar-refractivity contribution in [2.75, 3.05) is 13.2 Å². The normalized spacial score (nSPS) is 30.4.